The molecule has 2 aromatic rings. The van der Waals surface area contributed by atoms with Crippen LogP contribution in [0.1, 0.15) is 46.8 Å². The average Bonchev–Trinajstić information content (AvgIpc) is 2.64. The van der Waals surface area contributed by atoms with Crippen LogP contribution in [0.15, 0.2) is 24.3 Å². The van der Waals surface area contributed by atoms with E-state index in [2.05, 4.69) is 55.5 Å². The van der Waals surface area contributed by atoms with Crippen LogP contribution in [0.3, 0.4) is 0 Å². The van der Waals surface area contributed by atoms with E-state index in [0.717, 1.165) is 18.2 Å². The van der Waals surface area contributed by atoms with Crippen molar-refractivity contribution in [3.05, 3.63) is 52.3 Å². The van der Waals surface area contributed by atoms with Gasteiger partial charge >= 0.3 is 0 Å². The van der Waals surface area contributed by atoms with E-state index >= 15 is 0 Å². The van der Waals surface area contributed by atoms with Crippen molar-refractivity contribution in [3.63, 3.8) is 0 Å². The van der Waals surface area contributed by atoms with Crippen molar-refractivity contribution >= 4 is 0 Å². The Labute approximate surface area is 127 Å². The number of benzene rings is 1. The summed E-state index contributed by atoms with van der Waals surface area (Å²) in [5, 5.41) is 8.18. The number of rotatable bonds is 4. The monoisotopic (exact) mass is 283 g/mol. The summed E-state index contributed by atoms with van der Waals surface area (Å²) in [5.74, 6) is 0.736. The lowest BCUT2D eigenvalue weighted by Crippen LogP contribution is -2.40. The molecule has 1 saturated carbocycles. The van der Waals surface area contributed by atoms with Gasteiger partial charge in [-0.1, -0.05) is 24.3 Å². The van der Waals surface area contributed by atoms with Gasteiger partial charge in [0.25, 0.3) is 0 Å². The molecule has 0 radical (unpaired) electrons. The summed E-state index contributed by atoms with van der Waals surface area (Å²) in [7, 11) is 2.02. The maximum absolute atomic E-state index is 4.48. The molecule has 0 amide bonds. The molecule has 1 fully saturated rings. The van der Waals surface area contributed by atoms with Gasteiger partial charge in [-0.15, -0.1) is 0 Å². The molecule has 21 heavy (non-hydrogen) atoms. The first-order chi connectivity index (χ1) is 10.1. The van der Waals surface area contributed by atoms with Crippen LogP contribution in [0.4, 0.5) is 0 Å². The molecule has 1 heterocycles. The molecule has 1 aliphatic carbocycles. The van der Waals surface area contributed by atoms with E-state index < -0.39 is 0 Å². The van der Waals surface area contributed by atoms with Gasteiger partial charge in [0.2, 0.25) is 0 Å². The fourth-order valence-corrected chi connectivity index (χ4v) is 3.40. The molecule has 0 unspecified atom stereocenters. The van der Waals surface area contributed by atoms with Crippen LogP contribution in [0, 0.1) is 20.8 Å². The molecule has 0 spiro atoms. The van der Waals surface area contributed by atoms with Gasteiger partial charge in [-0.05, 0) is 50.7 Å². The first kappa shape index (κ1) is 14.3. The second kappa shape index (κ2) is 5.64. The SMILES string of the molecule is Cc1ccccc1C1CC(NCc2c(C)nn(C)c2C)C1. The minimum absolute atomic E-state index is 0.647. The normalized spacial score (nSPS) is 21.3. The minimum atomic E-state index is 0.647. The zero-order valence-electron chi connectivity index (χ0n) is 13.5. The molecule has 1 aromatic carbocycles. The van der Waals surface area contributed by atoms with Crippen molar-refractivity contribution in [2.75, 3.05) is 0 Å². The van der Waals surface area contributed by atoms with E-state index in [0.29, 0.717) is 6.04 Å². The highest BCUT2D eigenvalue weighted by Crippen LogP contribution is 2.38. The van der Waals surface area contributed by atoms with Crippen molar-refractivity contribution in [2.45, 2.75) is 52.1 Å². The number of aryl methyl sites for hydroxylation is 3. The Hall–Kier alpha value is -1.61. The molecular formula is C18H25N3. The van der Waals surface area contributed by atoms with E-state index in [1.165, 1.54) is 35.2 Å². The van der Waals surface area contributed by atoms with Crippen LogP contribution >= 0.6 is 0 Å². The lowest BCUT2D eigenvalue weighted by molar-refractivity contribution is 0.288. The van der Waals surface area contributed by atoms with Crippen molar-refractivity contribution in [1.29, 1.82) is 0 Å². The van der Waals surface area contributed by atoms with E-state index in [1.807, 2.05) is 11.7 Å². The lowest BCUT2D eigenvalue weighted by Gasteiger charge is -2.37. The zero-order valence-corrected chi connectivity index (χ0v) is 13.5. The largest absolute Gasteiger partial charge is 0.310 e. The number of nitrogens with one attached hydrogen (secondary N) is 1. The van der Waals surface area contributed by atoms with Gasteiger partial charge < -0.3 is 5.32 Å². The van der Waals surface area contributed by atoms with Crippen LogP contribution in [0.25, 0.3) is 0 Å². The summed E-state index contributed by atoms with van der Waals surface area (Å²) in [6.07, 6.45) is 2.51. The van der Waals surface area contributed by atoms with Crippen LogP contribution in [0.5, 0.6) is 0 Å². The number of nitrogens with zero attached hydrogens (tertiary/aromatic N) is 2. The van der Waals surface area contributed by atoms with Gasteiger partial charge in [0.1, 0.15) is 0 Å². The fraction of sp³-hybridized carbons (Fsp3) is 0.500. The molecule has 3 heteroatoms. The third kappa shape index (κ3) is 2.75. The molecule has 1 aliphatic rings. The molecule has 3 rings (SSSR count). The van der Waals surface area contributed by atoms with Crippen molar-refractivity contribution in [1.82, 2.24) is 15.1 Å². The van der Waals surface area contributed by atoms with Crippen molar-refractivity contribution < 1.29 is 0 Å². The Kier molecular flexibility index (Phi) is 3.85. The fourth-order valence-electron chi connectivity index (χ4n) is 3.40. The molecular weight excluding hydrogens is 258 g/mol. The summed E-state index contributed by atoms with van der Waals surface area (Å²) in [5.41, 5.74) is 6.74. The Balaban J connectivity index is 1.55. The highest BCUT2D eigenvalue weighted by Gasteiger charge is 2.30. The third-order valence-electron chi connectivity index (χ3n) is 4.99. The van der Waals surface area contributed by atoms with E-state index in [1.54, 1.807) is 0 Å². The summed E-state index contributed by atoms with van der Waals surface area (Å²) < 4.78 is 1.98. The standard InChI is InChI=1S/C18H25N3/c1-12-7-5-6-8-17(12)15-9-16(10-15)19-11-18-13(2)20-21(4)14(18)3/h5-8,15-16,19H,9-11H2,1-4H3. The Bertz CT molecular complexity index is 636. The molecule has 1 N–H and O–H groups in total. The lowest BCUT2D eigenvalue weighted by atomic mass is 9.74. The highest BCUT2D eigenvalue weighted by molar-refractivity contribution is 5.31. The number of aromatic nitrogens is 2. The average molecular weight is 283 g/mol. The summed E-state index contributed by atoms with van der Waals surface area (Å²) in [6.45, 7) is 7.41. The third-order valence-corrected chi connectivity index (χ3v) is 4.99. The molecule has 0 atom stereocenters. The van der Waals surface area contributed by atoms with E-state index in [-0.39, 0.29) is 0 Å². The Morgan fingerprint density at radius 1 is 1.19 bits per heavy atom. The summed E-state index contributed by atoms with van der Waals surface area (Å²) >= 11 is 0. The van der Waals surface area contributed by atoms with Crippen molar-refractivity contribution in [2.24, 2.45) is 7.05 Å². The topological polar surface area (TPSA) is 29.9 Å². The second-order valence-electron chi connectivity index (χ2n) is 6.38. The van der Waals surface area contributed by atoms with Crippen molar-refractivity contribution in [3.8, 4) is 0 Å². The van der Waals surface area contributed by atoms with Gasteiger partial charge in [-0.2, -0.15) is 5.10 Å². The molecule has 112 valence electrons. The molecule has 0 bridgehead atoms. The highest BCUT2D eigenvalue weighted by atomic mass is 15.3. The Morgan fingerprint density at radius 2 is 1.90 bits per heavy atom. The number of hydrogen-bond donors (Lipinski definition) is 1. The van der Waals surface area contributed by atoms with Crippen LogP contribution < -0.4 is 5.32 Å². The van der Waals surface area contributed by atoms with Gasteiger partial charge in [0, 0.05) is 30.9 Å². The zero-order chi connectivity index (χ0) is 15.0. The molecule has 1 aromatic heterocycles. The smallest absolute Gasteiger partial charge is 0.0641 e. The first-order valence-electron chi connectivity index (χ1n) is 7.84. The maximum atomic E-state index is 4.48. The summed E-state index contributed by atoms with van der Waals surface area (Å²) in [4.78, 5) is 0. The predicted molar refractivity (Wildman–Crippen MR) is 86.5 cm³/mol. The minimum Gasteiger partial charge on any atom is -0.310 e. The first-order valence-corrected chi connectivity index (χ1v) is 7.84. The van der Waals surface area contributed by atoms with Crippen LogP contribution in [0.2, 0.25) is 0 Å². The quantitative estimate of drug-likeness (QED) is 0.932. The molecule has 0 aliphatic heterocycles. The number of hydrogen-bond acceptors (Lipinski definition) is 2. The molecule has 0 saturated heterocycles. The van der Waals surface area contributed by atoms with Crippen LogP contribution in [-0.4, -0.2) is 15.8 Å². The van der Waals surface area contributed by atoms with E-state index in [4.69, 9.17) is 0 Å². The maximum Gasteiger partial charge on any atom is 0.0641 e. The predicted octanol–water partition coefficient (Wildman–Crippen LogP) is 3.38. The summed E-state index contributed by atoms with van der Waals surface area (Å²) in [6, 6.07) is 9.44. The second-order valence-corrected chi connectivity index (χ2v) is 6.38. The van der Waals surface area contributed by atoms with Gasteiger partial charge in [0.05, 0.1) is 5.69 Å². The van der Waals surface area contributed by atoms with Gasteiger partial charge in [0.15, 0.2) is 0 Å². The van der Waals surface area contributed by atoms with E-state index in [9.17, 15) is 0 Å². The van der Waals surface area contributed by atoms with Crippen LogP contribution in [-0.2, 0) is 13.6 Å². The Morgan fingerprint density at radius 3 is 2.52 bits per heavy atom. The molecule has 3 nitrogen and oxygen atoms in total. The van der Waals surface area contributed by atoms with Gasteiger partial charge in [-0.25, -0.2) is 0 Å². The van der Waals surface area contributed by atoms with Gasteiger partial charge in [-0.3, -0.25) is 4.68 Å².